The molecule has 0 radical (unpaired) electrons. The van der Waals surface area contributed by atoms with Crippen LogP contribution in [0.2, 0.25) is 0 Å². The molecule has 4 rings (SSSR count). The fourth-order valence-corrected chi connectivity index (χ4v) is 3.27. The summed E-state index contributed by atoms with van der Waals surface area (Å²) in [5.74, 6) is -2.35. The van der Waals surface area contributed by atoms with Crippen molar-refractivity contribution in [1.82, 2.24) is 19.7 Å². The van der Waals surface area contributed by atoms with E-state index in [9.17, 15) is 13.6 Å². The van der Waals surface area contributed by atoms with E-state index in [0.29, 0.717) is 23.9 Å². The summed E-state index contributed by atoms with van der Waals surface area (Å²) in [5, 5.41) is 8.12. The number of hydrogen-bond acceptors (Lipinski definition) is 6. The second kappa shape index (κ2) is 8.18. The number of aromatic nitrogens is 4. The third-order valence-corrected chi connectivity index (χ3v) is 4.87. The average Bonchev–Trinajstić information content (AvgIpc) is 3.47. The Hall–Kier alpha value is -3.14. The number of carbonyl (C=O) groups is 1. The van der Waals surface area contributed by atoms with Crippen LogP contribution in [0.3, 0.4) is 0 Å². The maximum atomic E-state index is 14.2. The maximum Gasteiger partial charge on any atom is 0.287 e. The molecule has 164 valence electrons. The van der Waals surface area contributed by atoms with Gasteiger partial charge < -0.3 is 14.8 Å². The number of methoxy groups -OCH3 is 1. The summed E-state index contributed by atoms with van der Waals surface area (Å²) >= 11 is 0. The number of fused-ring (bicyclic) bond motifs is 1. The molecule has 1 fully saturated rings. The molecule has 1 N–H and O–H groups in total. The molecule has 0 atom stereocenters. The lowest BCUT2D eigenvalue weighted by Gasteiger charge is -2.15. The van der Waals surface area contributed by atoms with E-state index in [-0.39, 0.29) is 24.1 Å². The predicted octanol–water partition coefficient (Wildman–Crippen LogP) is 3.79. The minimum absolute atomic E-state index is 0.198. The number of nitrogens with zero attached hydrogens (tertiary/aromatic N) is 4. The molecule has 8 nitrogen and oxygen atoms in total. The third kappa shape index (κ3) is 4.63. The van der Waals surface area contributed by atoms with Crippen molar-refractivity contribution in [1.29, 1.82) is 0 Å². The lowest BCUT2D eigenvalue weighted by Crippen LogP contribution is -2.14. The van der Waals surface area contributed by atoms with Crippen molar-refractivity contribution in [2.75, 3.05) is 25.6 Å². The van der Waals surface area contributed by atoms with Gasteiger partial charge in [0.25, 0.3) is 5.92 Å². The van der Waals surface area contributed by atoms with E-state index in [0.717, 1.165) is 30.8 Å². The zero-order valence-electron chi connectivity index (χ0n) is 17.5. The highest BCUT2D eigenvalue weighted by Gasteiger charge is 2.31. The van der Waals surface area contributed by atoms with E-state index in [1.807, 2.05) is 0 Å². The Morgan fingerprint density at radius 1 is 1.29 bits per heavy atom. The van der Waals surface area contributed by atoms with Crippen molar-refractivity contribution < 1.29 is 23.0 Å². The summed E-state index contributed by atoms with van der Waals surface area (Å²) in [7, 11) is 1.53. The Morgan fingerprint density at radius 2 is 2.06 bits per heavy atom. The standard InChI is InChI=1S/C21H23F2N5O3/c1-12(29)25-18-10-16-15(11-24-18)20(13-4-5-13)27-28(16)19-9-14(31-7-6-30-3)8-17(26-19)21(2,22)23/h8-11,13H,4-7H2,1-3H3,(H,24,25,29). The number of nitrogens with one attached hydrogen (secondary N) is 1. The van der Waals surface area contributed by atoms with Gasteiger partial charge in [0.1, 0.15) is 23.9 Å². The summed E-state index contributed by atoms with van der Waals surface area (Å²) in [4.78, 5) is 19.9. The van der Waals surface area contributed by atoms with Crippen LogP contribution in [-0.4, -0.2) is 46.0 Å². The molecule has 0 saturated heterocycles. The van der Waals surface area contributed by atoms with Crippen LogP contribution in [0, 0.1) is 0 Å². The molecule has 1 amide bonds. The summed E-state index contributed by atoms with van der Waals surface area (Å²) < 4.78 is 40.4. The highest BCUT2D eigenvalue weighted by atomic mass is 19.3. The molecule has 0 aromatic carbocycles. The first-order valence-corrected chi connectivity index (χ1v) is 9.95. The van der Waals surface area contributed by atoms with Crippen LogP contribution in [-0.2, 0) is 15.5 Å². The van der Waals surface area contributed by atoms with E-state index in [1.54, 1.807) is 18.3 Å². The SMILES string of the molecule is COCCOc1cc(-n2nc(C3CC3)c3cnc(NC(C)=O)cc32)nc(C(C)(F)F)c1. The Morgan fingerprint density at radius 3 is 2.71 bits per heavy atom. The highest BCUT2D eigenvalue weighted by Crippen LogP contribution is 2.43. The number of halogens is 2. The molecule has 3 heterocycles. The largest absolute Gasteiger partial charge is 0.491 e. The quantitative estimate of drug-likeness (QED) is 0.546. The smallest absolute Gasteiger partial charge is 0.287 e. The van der Waals surface area contributed by atoms with Gasteiger partial charge in [0.15, 0.2) is 5.82 Å². The van der Waals surface area contributed by atoms with Crippen molar-refractivity contribution >= 4 is 22.6 Å². The molecule has 1 saturated carbocycles. The van der Waals surface area contributed by atoms with E-state index >= 15 is 0 Å². The summed E-state index contributed by atoms with van der Waals surface area (Å²) in [6, 6.07) is 4.45. The monoisotopic (exact) mass is 431 g/mol. The van der Waals surface area contributed by atoms with Gasteiger partial charge in [-0.1, -0.05) is 0 Å². The second-order valence-corrected chi connectivity index (χ2v) is 7.62. The number of alkyl halides is 2. The van der Waals surface area contributed by atoms with Crippen LogP contribution in [0.5, 0.6) is 5.75 Å². The molecular formula is C21H23F2N5O3. The molecule has 3 aromatic rings. The summed E-state index contributed by atoms with van der Waals surface area (Å²) in [5.41, 5.74) is 1.03. The molecule has 0 spiro atoms. The Balaban J connectivity index is 1.86. The molecule has 10 heteroatoms. The average molecular weight is 431 g/mol. The first kappa shape index (κ1) is 21.1. The molecule has 0 bridgehead atoms. The summed E-state index contributed by atoms with van der Waals surface area (Å²) in [6.45, 7) is 2.70. The summed E-state index contributed by atoms with van der Waals surface area (Å²) in [6.07, 6.45) is 3.66. The van der Waals surface area contributed by atoms with Crippen LogP contribution < -0.4 is 10.1 Å². The molecule has 1 aliphatic carbocycles. The number of anilines is 1. The topological polar surface area (TPSA) is 91.2 Å². The van der Waals surface area contributed by atoms with E-state index in [2.05, 4.69) is 20.4 Å². The van der Waals surface area contributed by atoms with E-state index < -0.39 is 11.6 Å². The molecule has 0 unspecified atom stereocenters. The van der Waals surface area contributed by atoms with Gasteiger partial charge in [-0.25, -0.2) is 14.6 Å². The van der Waals surface area contributed by atoms with Gasteiger partial charge in [0.2, 0.25) is 5.91 Å². The van der Waals surface area contributed by atoms with Crippen LogP contribution in [0.1, 0.15) is 44.0 Å². The molecule has 3 aromatic heterocycles. The van der Waals surface area contributed by atoms with Gasteiger partial charge in [-0.2, -0.15) is 13.9 Å². The van der Waals surface area contributed by atoms with Gasteiger partial charge in [0, 0.05) is 56.7 Å². The lowest BCUT2D eigenvalue weighted by atomic mass is 10.2. The first-order valence-electron chi connectivity index (χ1n) is 9.95. The van der Waals surface area contributed by atoms with Crippen LogP contribution >= 0.6 is 0 Å². The minimum Gasteiger partial charge on any atom is -0.491 e. The fourth-order valence-electron chi connectivity index (χ4n) is 3.27. The third-order valence-electron chi connectivity index (χ3n) is 4.87. The zero-order valence-corrected chi connectivity index (χ0v) is 17.5. The van der Waals surface area contributed by atoms with Gasteiger partial charge in [-0.05, 0) is 12.8 Å². The molecule has 0 aliphatic heterocycles. The number of amides is 1. The van der Waals surface area contributed by atoms with Gasteiger partial charge >= 0.3 is 0 Å². The van der Waals surface area contributed by atoms with Crippen LogP contribution in [0.25, 0.3) is 16.7 Å². The Bertz CT molecular complexity index is 1120. The Kier molecular flexibility index (Phi) is 5.57. The van der Waals surface area contributed by atoms with Crippen LogP contribution in [0.4, 0.5) is 14.6 Å². The molecular weight excluding hydrogens is 408 g/mol. The number of ether oxygens (including phenoxy) is 2. The Labute approximate surface area is 177 Å². The molecule has 31 heavy (non-hydrogen) atoms. The van der Waals surface area contributed by atoms with Gasteiger partial charge in [0.05, 0.1) is 17.8 Å². The maximum absolute atomic E-state index is 14.2. The second-order valence-electron chi connectivity index (χ2n) is 7.62. The van der Waals surface area contributed by atoms with Gasteiger partial charge in [-0.3, -0.25) is 4.79 Å². The first-order chi connectivity index (χ1) is 14.8. The normalized spacial score (nSPS) is 14.1. The van der Waals surface area contributed by atoms with Crippen molar-refractivity contribution in [2.45, 2.75) is 38.5 Å². The fraction of sp³-hybridized carbons (Fsp3) is 0.429. The number of hydrogen-bond donors (Lipinski definition) is 1. The van der Waals surface area contributed by atoms with Crippen molar-refractivity contribution in [3.8, 4) is 11.6 Å². The molecule has 1 aliphatic rings. The van der Waals surface area contributed by atoms with E-state index in [1.165, 1.54) is 24.8 Å². The van der Waals surface area contributed by atoms with Gasteiger partial charge in [-0.15, -0.1) is 0 Å². The number of pyridine rings is 2. The lowest BCUT2D eigenvalue weighted by molar-refractivity contribution is -0.114. The number of carbonyl (C=O) groups excluding carboxylic acids is 1. The number of rotatable bonds is 8. The minimum atomic E-state index is -3.17. The highest BCUT2D eigenvalue weighted by molar-refractivity contribution is 5.91. The van der Waals surface area contributed by atoms with Crippen molar-refractivity contribution in [3.05, 3.63) is 35.8 Å². The predicted molar refractivity (Wildman–Crippen MR) is 110 cm³/mol. The van der Waals surface area contributed by atoms with Crippen molar-refractivity contribution in [2.24, 2.45) is 0 Å². The van der Waals surface area contributed by atoms with Crippen LogP contribution in [0.15, 0.2) is 24.4 Å². The zero-order chi connectivity index (χ0) is 22.2. The van der Waals surface area contributed by atoms with Crippen molar-refractivity contribution in [3.63, 3.8) is 0 Å². The van der Waals surface area contributed by atoms with E-state index in [4.69, 9.17) is 9.47 Å².